The van der Waals surface area contributed by atoms with Crippen LogP contribution in [0.25, 0.3) is 0 Å². The Balaban J connectivity index is 1.84. The zero-order valence-electron chi connectivity index (χ0n) is 11.9. The predicted octanol–water partition coefficient (Wildman–Crippen LogP) is 3.69. The van der Waals surface area contributed by atoms with Crippen molar-refractivity contribution in [2.75, 3.05) is 13.1 Å². The van der Waals surface area contributed by atoms with E-state index in [9.17, 15) is 5.11 Å². The van der Waals surface area contributed by atoms with E-state index in [1.807, 2.05) is 12.1 Å². The number of likely N-dealkylation sites (tertiary alicyclic amines) is 1. The molecule has 1 fully saturated rings. The van der Waals surface area contributed by atoms with E-state index in [4.69, 9.17) is 0 Å². The van der Waals surface area contributed by atoms with Gasteiger partial charge in [-0.05, 0) is 74.4 Å². The van der Waals surface area contributed by atoms with Crippen molar-refractivity contribution in [2.45, 2.75) is 57.4 Å². The molecule has 2 nitrogen and oxygen atoms in total. The Morgan fingerprint density at radius 2 is 2.21 bits per heavy atom. The van der Waals surface area contributed by atoms with Crippen LogP contribution in [0.1, 0.15) is 56.1 Å². The first-order valence-corrected chi connectivity index (χ1v) is 7.85. The van der Waals surface area contributed by atoms with Gasteiger partial charge in [-0.15, -0.1) is 0 Å². The molecule has 104 valence electrons. The molecule has 1 aromatic carbocycles. The second kappa shape index (κ2) is 5.54. The van der Waals surface area contributed by atoms with E-state index in [1.165, 1.54) is 62.7 Å². The fraction of sp³-hybridized carbons (Fsp3) is 0.647. The number of hydrogen-bond acceptors (Lipinski definition) is 2. The molecule has 0 spiro atoms. The lowest BCUT2D eigenvalue weighted by atomic mass is 9.74. The van der Waals surface area contributed by atoms with Gasteiger partial charge in [-0.3, -0.25) is 4.90 Å². The lowest BCUT2D eigenvalue weighted by Gasteiger charge is -2.45. The highest BCUT2D eigenvalue weighted by atomic mass is 16.3. The quantitative estimate of drug-likeness (QED) is 0.895. The zero-order chi connectivity index (χ0) is 13.2. The second-order valence-electron chi connectivity index (χ2n) is 6.13. The van der Waals surface area contributed by atoms with E-state index >= 15 is 0 Å². The van der Waals surface area contributed by atoms with Crippen molar-refractivity contribution >= 4 is 0 Å². The predicted molar refractivity (Wildman–Crippen MR) is 78.7 cm³/mol. The molecule has 1 aromatic rings. The summed E-state index contributed by atoms with van der Waals surface area (Å²) in [4.78, 5) is 2.71. The fourth-order valence-corrected chi connectivity index (χ4v) is 3.97. The molecule has 2 aliphatic rings. The van der Waals surface area contributed by atoms with Gasteiger partial charge >= 0.3 is 0 Å². The molecule has 2 heteroatoms. The molecule has 1 aliphatic heterocycles. The second-order valence-corrected chi connectivity index (χ2v) is 6.13. The van der Waals surface area contributed by atoms with Crippen LogP contribution in [0, 0.1) is 0 Å². The Morgan fingerprint density at radius 3 is 3.05 bits per heavy atom. The lowest BCUT2D eigenvalue weighted by Crippen LogP contribution is -2.46. The van der Waals surface area contributed by atoms with Crippen LogP contribution < -0.4 is 0 Å². The molecule has 2 atom stereocenters. The maximum atomic E-state index is 9.77. The normalized spacial score (nSPS) is 26.8. The van der Waals surface area contributed by atoms with Crippen molar-refractivity contribution in [1.29, 1.82) is 0 Å². The van der Waals surface area contributed by atoms with Crippen molar-refractivity contribution < 1.29 is 5.11 Å². The van der Waals surface area contributed by atoms with E-state index in [0.29, 0.717) is 11.7 Å². The van der Waals surface area contributed by atoms with E-state index in [2.05, 4.69) is 17.9 Å². The highest BCUT2D eigenvalue weighted by Crippen LogP contribution is 2.41. The molecule has 3 rings (SSSR count). The zero-order valence-corrected chi connectivity index (χ0v) is 11.9. The van der Waals surface area contributed by atoms with Gasteiger partial charge in [0.1, 0.15) is 5.75 Å². The summed E-state index contributed by atoms with van der Waals surface area (Å²) >= 11 is 0. The van der Waals surface area contributed by atoms with Crippen molar-refractivity contribution in [3.63, 3.8) is 0 Å². The van der Waals surface area contributed by atoms with Crippen LogP contribution in [-0.4, -0.2) is 29.1 Å². The number of aromatic hydroxyl groups is 1. The van der Waals surface area contributed by atoms with Gasteiger partial charge in [-0.2, -0.15) is 0 Å². The average molecular weight is 259 g/mol. The third kappa shape index (κ3) is 2.51. The molecule has 0 saturated carbocycles. The molecule has 1 saturated heterocycles. The topological polar surface area (TPSA) is 23.5 Å². The highest BCUT2D eigenvalue weighted by Gasteiger charge is 2.35. The van der Waals surface area contributed by atoms with Gasteiger partial charge in [0.05, 0.1) is 0 Å². The Hall–Kier alpha value is -1.02. The van der Waals surface area contributed by atoms with E-state index < -0.39 is 0 Å². The van der Waals surface area contributed by atoms with Crippen molar-refractivity contribution in [1.82, 2.24) is 4.90 Å². The molecule has 0 radical (unpaired) electrons. The number of piperidine rings is 1. The number of rotatable bonds is 3. The molecule has 0 amide bonds. The minimum Gasteiger partial charge on any atom is -0.508 e. The van der Waals surface area contributed by atoms with Crippen LogP contribution >= 0.6 is 0 Å². The van der Waals surface area contributed by atoms with E-state index in [1.54, 1.807) is 0 Å². The average Bonchev–Trinajstić information content (AvgIpc) is 2.44. The molecule has 1 aliphatic carbocycles. The standard InChI is InChI=1S/C17H25NO/c1-2-3-10-18-11-4-5-15-16-12-14(19)8-6-13(16)7-9-17(15)18/h6,8,12,15,17,19H,2-5,7,9-11H2,1H3/t15?,17-/m1/s1. The molecule has 1 N–H and O–H groups in total. The van der Waals surface area contributed by atoms with Crippen LogP contribution in [0.3, 0.4) is 0 Å². The van der Waals surface area contributed by atoms with Crippen LogP contribution in [0.2, 0.25) is 0 Å². The summed E-state index contributed by atoms with van der Waals surface area (Å²) in [6, 6.07) is 6.72. The van der Waals surface area contributed by atoms with Crippen LogP contribution in [-0.2, 0) is 6.42 Å². The summed E-state index contributed by atoms with van der Waals surface area (Å²) in [5.41, 5.74) is 2.90. The first kappa shape index (κ1) is 13.0. The first-order chi connectivity index (χ1) is 9.29. The van der Waals surface area contributed by atoms with E-state index in [-0.39, 0.29) is 0 Å². The van der Waals surface area contributed by atoms with Gasteiger partial charge < -0.3 is 5.11 Å². The van der Waals surface area contributed by atoms with E-state index in [0.717, 1.165) is 6.04 Å². The summed E-state index contributed by atoms with van der Waals surface area (Å²) in [6.07, 6.45) is 7.68. The molecule has 19 heavy (non-hydrogen) atoms. The third-order valence-electron chi connectivity index (χ3n) is 4.93. The molecule has 1 unspecified atom stereocenters. The van der Waals surface area contributed by atoms with Crippen LogP contribution in [0.5, 0.6) is 5.75 Å². The van der Waals surface area contributed by atoms with Gasteiger partial charge in [0.2, 0.25) is 0 Å². The molecular weight excluding hydrogens is 234 g/mol. The monoisotopic (exact) mass is 259 g/mol. The number of aryl methyl sites for hydroxylation is 1. The fourth-order valence-electron chi connectivity index (χ4n) is 3.97. The minimum absolute atomic E-state index is 0.435. The first-order valence-electron chi connectivity index (χ1n) is 7.85. The van der Waals surface area contributed by atoms with Crippen LogP contribution in [0.15, 0.2) is 18.2 Å². The summed E-state index contributed by atoms with van der Waals surface area (Å²) in [7, 11) is 0. The smallest absolute Gasteiger partial charge is 0.115 e. The maximum Gasteiger partial charge on any atom is 0.115 e. The highest BCUT2D eigenvalue weighted by molar-refractivity contribution is 5.40. The van der Waals surface area contributed by atoms with Gasteiger partial charge in [-0.25, -0.2) is 0 Å². The minimum atomic E-state index is 0.435. The number of phenols is 1. The number of hydrogen-bond donors (Lipinski definition) is 1. The Labute approximate surface area is 116 Å². The Bertz CT molecular complexity index is 443. The van der Waals surface area contributed by atoms with Gasteiger partial charge in [0.15, 0.2) is 0 Å². The molecule has 0 aromatic heterocycles. The molecule has 1 heterocycles. The third-order valence-corrected chi connectivity index (χ3v) is 4.93. The largest absolute Gasteiger partial charge is 0.508 e. The van der Waals surface area contributed by atoms with Gasteiger partial charge in [0, 0.05) is 6.04 Å². The number of phenolic OH excluding ortho intramolecular Hbond substituents is 1. The summed E-state index contributed by atoms with van der Waals surface area (Å²) in [6.45, 7) is 4.80. The van der Waals surface area contributed by atoms with Gasteiger partial charge in [0.25, 0.3) is 0 Å². The molecule has 0 bridgehead atoms. The Kier molecular flexibility index (Phi) is 3.79. The number of unbranched alkanes of at least 4 members (excludes halogenated alkanes) is 1. The summed E-state index contributed by atoms with van der Waals surface area (Å²) < 4.78 is 0. The van der Waals surface area contributed by atoms with Gasteiger partial charge in [-0.1, -0.05) is 19.4 Å². The Morgan fingerprint density at radius 1 is 1.32 bits per heavy atom. The summed E-state index contributed by atoms with van der Waals surface area (Å²) in [5, 5.41) is 9.77. The number of benzene rings is 1. The number of nitrogens with zero attached hydrogens (tertiary/aromatic N) is 1. The lowest BCUT2D eigenvalue weighted by molar-refractivity contribution is 0.111. The maximum absolute atomic E-state index is 9.77. The summed E-state index contributed by atoms with van der Waals surface area (Å²) in [5.74, 6) is 1.09. The SMILES string of the molecule is CCCCN1CCCC2c3cc(O)ccc3CC[C@H]21. The van der Waals surface area contributed by atoms with Crippen molar-refractivity contribution in [2.24, 2.45) is 0 Å². The molecular formula is C17H25NO. The number of fused-ring (bicyclic) bond motifs is 3. The van der Waals surface area contributed by atoms with Crippen LogP contribution in [0.4, 0.5) is 0 Å². The van der Waals surface area contributed by atoms with Crippen molar-refractivity contribution in [3.8, 4) is 5.75 Å². The van der Waals surface area contributed by atoms with Crippen molar-refractivity contribution in [3.05, 3.63) is 29.3 Å².